The van der Waals surface area contributed by atoms with Crippen LogP contribution in [0.4, 0.5) is 10.5 Å². The minimum Gasteiger partial charge on any atom is -0.548 e. The van der Waals surface area contributed by atoms with E-state index < -0.39 is 18.0 Å². The van der Waals surface area contributed by atoms with Crippen molar-refractivity contribution in [2.75, 3.05) is 32.6 Å². The Hall–Kier alpha value is -0.554. The number of amides is 2. The van der Waals surface area contributed by atoms with Crippen LogP contribution in [0.15, 0.2) is 18.5 Å². The molecule has 2 rings (SSSR count). The summed E-state index contributed by atoms with van der Waals surface area (Å²) in [6.45, 7) is 2.59. The Morgan fingerprint density at radius 1 is 1.46 bits per heavy atom. The second-order valence-electron chi connectivity index (χ2n) is 5.88. The van der Waals surface area contributed by atoms with E-state index in [1.807, 2.05) is 25.1 Å². The molecule has 9 heteroatoms. The average molecular weight is 360 g/mol. The summed E-state index contributed by atoms with van der Waals surface area (Å²) in [4.78, 5) is 30.9. The van der Waals surface area contributed by atoms with Gasteiger partial charge >= 0.3 is 57.4 Å². The number of aliphatic carboxylic acids is 1. The fourth-order valence-corrected chi connectivity index (χ4v) is 2.42. The Labute approximate surface area is 184 Å². The zero-order chi connectivity index (χ0) is 17.0. The molecule has 1 aromatic heterocycles. The minimum atomic E-state index is -1.33. The number of hydrogen-bond donors (Lipinski definition) is 1. The molecule has 0 radical (unpaired) electrons. The molecular formula is C15H21KN4O4. The summed E-state index contributed by atoms with van der Waals surface area (Å²) in [7, 11) is 3.87. The number of nitrogens with zero attached hydrogens (tertiary/aromatic N) is 3. The number of carboxylic acid groups (broad SMARTS) is 1. The molecule has 0 aliphatic carbocycles. The van der Waals surface area contributed by atoms with Crippen LogP contribution in [-0.2, 0) is 16.1 Å². The molecule has 24 heavy (non-hydrogen) atoms. The zero-order valence-electron chi connectivity index (χ0n) is 14.5. The Morgan fingerprint density at radius 2 is 2.17 bits per heavy atom. The van der Waals surface area contributed by atoms with Gasteiger partial charge in [-0.15, -0.1) is 0 Å². The summed E-state index contributed by atoms with van der Waals surface area (Å²) in [6.07, 6.45) is 3.01. The third-order valence-electron chi connectivity index (χ3n) is 3.45. The van der Waals surface area contributed by atoms with Gasteiger partial charge in [-0.25, -0.2) is 4.79 Å². The van der Waals surface area contributed by atoms with E-state index in [0.29, 0.717) is 12.2 Å². The summed E-state index contributed by atoms with van der Waals surface area (Å²) >= 11 is 0. The van der Waals surface area contributed by atoms with Gasteiger partial charge in [0.15, 0.2) is 0 Å². The van der Waals surface area contributed by atoms with E-state index in [0.717, 1.165) is 5.56 Å². The predicted molar refractivity (Wildman–Crippen MR) is 81.6 cm³/mol. The maximum Gasteiger partial charge on any atom is 1.00 e. The van der Waals surface area contributed by atoms with Crippen molar-refractivity contribution in [3.8, 4) is 0 Å². The van der Waals surface area contributed by atoms with Crippen molar-refractivity contribution >= 4 is 17.7 Å². The number of morpholine rings is 1. The number of rotatable bonds is 4. The number of carbonyl (C=O) groups is 2. The van der Waals surface area contributed by atoms with Crippen molar-refractivity contribution in [1.29, 1.82) is 0 Å². The molecule has 0 spiro atoms. The van der Waals surface area contributed by atoms with E-state index in [1.165, 1.54) is 11.1 Å². The number of carbonyl (C=O) groups excluding carboxylic acids is 2. The van der Waals surface area contributed by atoms with Gasteiger partial charge in [-0.3, -0.25) is 4.98 Å². The van der Waals surface area contributed by atoms with Gasteiger partial charge in [0.1, 0.15) is 0 Å². The van der Waals surface area contributed by atoms with Gasteiger partial charge in [0.25, 0.3) is 0 Å². The largest absolute Gasteiger partial charge is 1.00 e. The Morgan fingerprint density at radius 3 is 2.79 bits per heavy atom. The molecule has 2 heterocycles. The standard InChI is InChI=1S/C15H22N4O4.K/c1-10-7-19(13(9-23-10)14(20)21)15(22)17-12-4-11(5-16-6-12)8-18(2)3;/h4-6,10,13H,7-9H2,1-3H3,(H,17,22)(H,20,21);/q;+1/p-1/t10-,13-;/m0./s1. The summed E-state index contributed by atoms with van der Waals surface area (Å²) in [5.74, 6) is -1.33. The van der Waals surface area contributed by atoms with Crippen LogP contribution in [0.25, 0.3) is 0 Å². The van der Waals surface area contributed by atoms with Crippen molar-refractivity contribution < 1.29 is 70.8 Å². The molecule has 2 amide bonds. The normalized spacial score (nSPS) is 20.4. The maximum absolute atomic E-state index is 12.4. The molecule has 1 fully saturated rings. The first-order valence-corrected chi connectivity index (χ1v) is 7.35. The smallest absolute Gasteiger partial charge is 0.548 e. The first-order chi connectivity index (χ1) is 10.9. The van der Waals surface area contributed by atoms with E-state index in [2.05, 4.69) is 10.3 Å². The average Bonchev–Trinajstić information content (AvgIpc) is 2.46. The van der Waals surface area contributed by atoms with Gasteiger partial charge < -0.3 is 29.8 Å². The number of anilines is 1. The molecule has 1 aromatic rings. The SMILES string of the molecule is C[C@H]1CN(C(=O)Nc2cncc(CN(C)C)c2)[C@H](C(=O)[O-])CO1.[K+]. The number of pyridine rings is 1. The second-order valence-corrected chi connectivity index (χ2v) is 5.88. The molecule has 8 nitrogen and oxygen atoms in total. The fourth-order valence-electron chi connectivity index (χ4n) is 2.42. The van der Waals surface area contributed by atoms with Crippen LogP contribution < -0.4 is 61.8 Å². The topological polar surface area (TPSA) is 97.8 Å². The number of aromatic nitrogens is 1. The molecule has 1 N–H and O–H groups in total. The van der Waals surface area contributed by atoms with Crippen molar-refractivity contribution in [3.63, 3.8) is 0 Å². The monoisotopic (exact) mass is 360 g/mol. The number of carboxylic acids is 1. The van der Waals surface area contributed by atoms with Crippen LogP contribution in [0.2, 0.25) is 0 Å². The first kappa shape index (κ1) is 21.5. The van der Waals surface area contributed by atoms with Crippen molar-refractivity contribution in [1.82, 2.24) is 14.8 Å². The summed E-state index contributed by atoms with van der Waals surface area (Å²) in [5, 5.41) is 13.9. The molecule has 126 valence electrons. The van der Waals surface area contributed by atoms with Gasteiger partial charge in [-0.05, 0) is 32.6 Å². The van der Waals surface area contributed by atoms with E-state index in [9.17, 15) is 14.7 Å². The summed E-state index contributed by atoms with van der Waals surface area (Å²) in [5.41, 5.74) is 1.46. The third-order valence-corrected chi connectivity index (χ3v) is 3.45. The Balaban J connectivity index is 0.00000288. The Bertz CT molecular complexity index is 584. The van der Waals surface area contributed by atoms with Gasteiger partial charge in [0, 0.05) is 19.3 Å². The molecule has 0 aromatic carbocycles. The molecule has 1 aliphatic heterocycles. The van der Waals surface area contributed by atoms with Gasteiger partial charge in [-0.1, -0.05) is 0 Å². The molecule has 2 atom stereocenters. The van der Waals surface area contributed by atoms with E-state index in [-0.39, 0.29) is 70.6 Å². The number of urea groups is 1. The van der Waals surface area contributed by atoms with Gasteiger partial charge in [-0.2, -0.15) is 0 Å². The van der Waals surface area contributed by atoms with Crippen LogP contribution in [-0.4, -0.2) is 66.2 Å². The van der Waals surface area contributed by atoms with Gasteiger partial charge in [0.05, 0.1) is 36.6 Å². The van der Waals surface area contributed by atoms with E-state index in [4.69, 9.17) is 4.74 Å². The maximum atomic E-state index is 12.4. The van der Waals surface area contributed by atoms with E-state index >= 15 is 0 Å². The number of nitrogens with one attached hydrogen (secondary N) is 1. The number of hydrogen-bond acceptors (Lipinski definition) is 6. The summed E-state index contributed by atoms with van der Waals surface area (Å²) in [6, 6.07) is 0.213. The predicted octanol–water partition coefficient (Wildman–Crippen LogP) is -3.48. The van der Waals surface area contributed by atoms with Crippen molar-refractivity contribution in [3.05, 3.63) is 24.0 Å². The van der Waals surface area contributed by atoms with Crippen LogP contribution >= 0.6 is 0 Å². The Kier molecular flexibility index (Phi) is 8.78. The van der Waals surface area contributed by atoms with Crippen LogP contribution in [0.3, 0.4) is 0 Å². The zero-order valence-corrected chi connectivity index (χ0v) is 17.6. The molecule has 1 aliphatic rings. The molecular weight excluding hydrogens is 339 g/mol. The third kappa shape index (κ3) is 6.07. The first-order valence-electron chi connectivity index (χ1n) is 7.35. The second kappa shape index (κ2) is 9.81. The molecule has 0 unspecified atom stereocenters. The number of ether oxygens (including phenoxy) is 1. The van der Waals surface area contributed by atoms with Crippen LogP contribution in [0, 0.1) is 0 Å². The van der Waals surface area contributed by atoms with Crippen LogP contribution in [0.5, 0.6) is 0 Å². The fraction of sp³-hybridized carbons (Fsp3) is 0.533. The summed E-state index contributed by atoms with van der Waals surface area (Å²) < 4.78 is 5.28. The van der Waals surface area contributed by atoms with Gasteiger partial charge in [0.2, 0.25) is 0 Å². The van der Waals surface area contributed by atoms with Crippen molar-refractivity contribution in [2.24, 2.45) is 0 Å². The van der Waals surface area contributed by atoms with Crippen LogP contribution in [0.1, 0.15) is 12.5 Å². The minimum absolute atomic E-state index is 0. The van der Waals surface area contributed by atoms with E-state index in [1.54, 1.807) is 13.1 Å². The molecule has 1 saturated heterocycles. The molecule has 0 saturated carbocycles. The van der Waals surface area contributed by atoms with Crippen molar-refractivity contribution in [2.45, 2.75) is 25.6 Å². The quantitative estimate of drug-likeness (QED) is 0.560. The molecule has 0 bridgehead atoms.